The largest absolute Gasteiger partial charge is 0.434 e. The Morgan fingerprint density at radius 1 is 1.25 bits per heavy atom. The van der Waals surface area contributed by atoms with Crippen molar-refractivity contribution in [3.63, 3.8) is 0 Å². The van der Waals surface area contributed by atoms with Gasteiger partial charge in [0.25, 0.3) is 0 Å². The zero-order valence-corrected chi connectivity index (χ0v) is 9.70. The summed E-state index contributed by atoms with van der Waals surface area (Å²) in [5.41, 5.74) is -1.53. The van der Waals surface area contributed by atoms with Gasteiger partial charge in [-0.2, -0.15) is 13.2 Å². The second-order valence-electron chi connectivity index (χ2n) is 3.01. The molecule has 0 aromatic carbocycles. The van der Waals surface area contributed by atoms with Gasteiger partial charge in [-0.3, -0.25) is 0 Å². The standard InChI is InChI=1S/C7H6ClF3N2O2S/c1-3-12-5(7(9,10)11)4(6(8)13-3)16(2,14)15/h1-2H3. The van der Waals surface area contributed by atoms with E-state index in [2.05, 4.69) is 9.97 Å². The SMILES string of the molecule is Cc1nc(Cl)c(S(C)(=O)=O)c(C(F)(F)F)n1. The highest BCUT2D eigenvalue weighted by molar-refractivity contribution is 7.90. The summed E-state index contributed by atoms with van der Waals surface area (Å²) in [7, 11) is -4.14. The Labute approximate surface area is 94.4 Å². The molecule has 0 amide bonds. The van der Waals surface area contributed by atoms with Crippen LogP contribution in [0.1, 0.15) is 11.5 Å². The van der Waals surface area contributed by atoms with Crippen molar-refractivity contribution in [2.45, 2.75) is 18.0 Å². The first-order valence-corrected chi connectivity index (χ1v) is 6.12. The molecule has 0 unspecified atom stereocenters. The molecule has 9 heteroatoms. The number of aromatic nitrogens is 2. The number of aryl methyl sites for hydroxylation is 1. The van der Waals surface area contributed by atoms with Gasteiger partial charge in [0.05, 0.1) is 0 Å². The third-order valence-electron chi connectivity index (χ3n) is 1.58. The number of alkyl halides is 3. The molecule has 1 aromatic rings. The number of rotatable bonds is 1. The van der Waals surface area contributed by atoms with Crippen LogP contribution in [0.25, 0.3) is 0 Å². The number of halogens is 4. The molecule has 0 radical (unpaired) electrons. The molecule has 0 spiro atoms. The fourth-order valence-electron chi connectivity index (χ4n) is 1.05. The maximum absolute atomic E-state index is 12.5. The van der Waals surface area contributed by atoms with E-state index in [0.717, 1.165) is 0 Å². The first kappa shape index (κ1) is 13.2. The van der Waals surface area contributed by atoms with Crippen molar-refractivity contribution in [1.29, 1.82) is 0 Å². The van der Waals surface area contributed by atoms with Crippen LogP contribution in [0.15, 0.2) is 4.90 Å². The molecular formula is C7H6ClF3N2O2S. The van der Waals surface area contributed by atoms with E-state index in [4.69, 9.17) is 11.6 Å². The lowest BCUT2D eigenvalue weighted by atomic mass is 10.4. The summed E-state index contributed by atoms with van der Waals surface area (Å²) in [4.78, 5) is 5.37. The second kappa shape index (κ2) is 3.85. The van der Waals surface area contributed by atoms with E-state index < -0.39 is 31.8 Å². The molecule has 4 nitrogen and oxygen atoms in total. The summed E-state index contributed by atoms with van der Waals surface area (Å²) in [5, 5.41) is -0.720. The molecule has 0 saturated carbocycles. The van der Waals surface area contributed by atoms with E-state index in [-0.39, 0.29) is 5.82 Å². The van der Waals surface area contributed by atoms with Gasteiger partial charge in [-0.05, 0) is 6.92 Å². The zero-order valence-electron chi connectivity index (χ0n) is 8.13. The third-order valence-corrected chi connectivity index (χ3v) is 3.09. The molecule has 0 aliphatic rings. The van der Waals surface area contributed by atoms with Crippen molar-refractivity contribution in [2.75, 3.05) is 6.26 Å². The molecule has 1 heterocycles. The lowest BCUT2D eigenvalue weighted by Gasteiger charge is -2.11. The predicted octanol–water partition coefficient (Wildman–Crippen LogP) is 1.86. The van der Waals surface area contributed by atoms with Gasteiger partial charge >= 0.3 is 6.18 Å². The number of sulfone groups is 1. The van der Waals surface area contributed by atoms with Crippen LogP contribution in [0.5, 0.6) is 0 Å². The van der Waals surface area contributed by atoms with Gasteiger partial charge in [0.15, 0.2) is 20.7 Å². The molecule has 0 bridgehead atoms. The first-order chi connectivity index (χ1) is 7.03. The smallest absolute Gasteiger partial charge is 0.227 e. The fourth-order valence-corrected chi connectivity index (χ4v) is 2.55. The quantitative estimate of drug-likeness (QED) is 0.734. The normalized spacial score (nSPS) is 12.9. The Morgan fingerprint density at radius 2 is 1.75 bits per heavy atom. The number of nitrogens with zero attached hydrogens (tertiary/aromatic N) is 2. The minimum Gasteiger partial charge on any atom is -0.227 e. The van der Waals surface area contributed by atoms with Crippen LogP contribution >= 0.6 is 11.6 Å². The van der Waals surface area contributed by atoms with Crippen molar-refractivity contribution in [1.82, 2.24) is 9.97 Å². The highest BCUT2D eigenvalue weighted by atomic mass is 35.5. The van der Waals surface area contributed by atoms with Crippen molar-refractivity contribution in [3.05, 3.63) is 16.7 Å². The summed E-state index contributed by atoms with van der Waals surface area (Å²) >= 11 is 5.40. The van der Waals surface area contributed by atoms with Gasteiger partial charge in [0.2, 0.25) is 0 Å². The Kier molecular flexibility index (Phi) is 3.17. The van der Waals surface area contributed by atoms with E-state index in [1.165, 1.54) is 6.92 Å². The van der Waals surface area contributed by atoms with E-state index in [1.807, 2.05) is 0 Å². The molecule has 16 heavy (non-hydrogen) atoms. The Morgan fingerprint density at radius 3 is 2.12 bits per heavy atom. The molecule has 0 fully saturated rings. The van der Waals surface area contributed by atoms with Crippen LogP contribution in [0, 0.1) is 6.92 Å². The van der Waals surface area contributed by atoms with Crippen molar-refractivity contribution >= 4 is 21.4 Å². The van der Waals surface area contributed by atoms with E-state index in [0.29, 0.717) is 6.26 Å². The van der Waals surface area contributed by atoms with Crippen molar-refractivity contribution in [3.8, 4) is 0 Å². The summed E-state index contributed by atoms with van der Waals surface area (Å²) in [6, 6.07) is 0. The molecule has 0 aliphatic carbocycles. The van der Waals surface area contributed by atoms with Gasteiger partial charge < -0.3 is 0 Å². The van der Waals surface area contributed by atoms with Crippen molar-refractivity contribution in [2.24, 2.45) is 0 Å². The number of hydrogen-bond acceptors (Lipinski definition) is 4. The second-order valence-corrected chi connectivity index (χ2v) is 5.32. The van der Waals surface area contributed by atoms with Gasteiger partial charge in [-0.15, -0.1) is 0 Å². The van der Waals surface area contributed by atoms with Crippen LogP contribution in [0.2, 0.25) is 5.15 Å². The van der Waals surface area contributed by atoms with Gasteiger partial charge in [-0.1, -0.05) is 11.6 Å². The van der Waals surface area contributed by atoms with Gasteiger partial charge in [0, 0.05) is 6.26 Å². The van der Waals surface area contributed by atoms with E-state index in [9.17, 15) is 21.6 Å². The Hall–Kier alpha value is -0.890. The average Bonchev–Trinajstić information content (AvgIpc) is 1.97. The minimum absolute atomic E-state index is 0.246. The van der Waals surface area contributed by atoms with E-state index in [1.54, 1.807) is 0 Å². The summed E-state index contributed by atoms with van der Waals surface area (Å²) in [5.74, 6) is -0.246. The monoisotopic (exact) mass is 274 g/mol. The van der Waals surface area contributed by atoms with Crippen LogP contribution < -0.4 is 0 Å². The lowest BCUT2D eigenvalue weighted by molar-refractivity contribution is -0.143. The van der Waals surface area contributed by atoms with Crippen LogP contribution in [-0.2, 0) is 16.0 Å². The summed E-state index contributed by atoms with van der Waals surface area (Å²) in [6.07, 6.45) is -4.28. The Balaban J connectivity index is 3.72. The third kappa shape index (κ3) is 2.62. The highest BCUT2D eigenvalue weighted by Crippen LogP contribution is 2.35. The fraction of sp³-hybridized carbons (Fsp3) is 0.429. The molecule has 0 atom stereocenters. The first-order valence-electron chi connectivity index (χ1n) is 3.85. The topological polar surface area (TPSA) is 59.9 Å². The minimum atomic E-state index is -4.89. The molecule has 0 N–H and O–H groups in total. The van der Waals surface area contributed by atoms with Gasteiger partial charge in [-0.25, -0.2) is 18.4 Å². The predicted molar refractivity (Wildman–Crippen MR) is 49.9 cm³/mol. The maximum Gasteiger partial charge on any atom is 0.434 e. The van der Waals surface area contributed by atoms with Crippen LogP contribution in [0.3, 0.4) is 0 Å². The van der Waals surface area contributed by atoms with Crippen LogP contribution in [0.4, 0.5) is 13.2 Å². The Bertz CT molecular complexity index is 527. The molecule has 1 aromatic heterocycles. The molecule has 0 aliphatic heterocycles. The van der Waals surface area contributed by atoms with Crippen molar-refractivity contribution < 1.29 is 21.6 Å². The highest BCUT2D eigenvalue weighted by Gasteiger charge is 2.40. The molecular weight excluding hydrogens is 269 g/mol. The summed E-state index contributed by atoms with van der Waals surface area (Å²) in [6.45, 7) is 1.19. The average molecular weight is 275 g/mol. The number of hydrogen-bond donors (Lipinski definition) is 0. The molecule has 0 saturated heterocycles. The maximum atomic E-state index is 12.5. The lowest BCUT2D eigenvalue weighted by Crippen LogP contribution is -2.17. The van der Waals surface area contributed by atoms with E-state index >= 15 is 0 Å². The van der Waals surface area contributed by atoms with Gasteiger partial charge in [0.1, 0.15) is 10.7 Å². The molecule has 1 rings (SSSR count). The van der Waals surface area contributed by atoms with Crippen LogP contribution in [-0.4, -0.2) is 24.6 Å². The zero-order chi connectivity index (χ0) is 12.7. The summed E-state index contributed by atoms with van der Waals surface area (Å²) < 4.78 is 59.9. The molecule has 90 valence electrons.